The van der Waals surface area contributed by atoms with Crippen LogP contribution in [0.5, 0.6) is 5.75 Å². The number of carbonyl (C=O) groups is 1. The first kappa shape index (κ1) is 19.9. The highest BCUT2D eigenvalue weighted by atomic mass is 19.1. The number of methoxy groups -OCH3 is 1. The smallest absolute Gasteiger partial charge is 0.318 e. The third kappa shape index (κ3) is 4.42. The molecule has 1 amide bonds. The Kier molecular flexibility index (Phi) is 5.92. The first-order valence-electron chi connectivity index (χ1n) is 9.88. The van der Waals surface area contributed by atoms with E-state index in [9.17, 15) is 9.18 Å². The molecule has 0 bridgehead atoms. The van der Waals surface area contributed by atoms with Crippen LogP contribution in [0.1, 0.15) is 18.4 Å². The third-order valence-electron chi connectivity index (χ3n) is 5.30. The van der Waals surface area contributed by atoms with E-state index < -0.39 is 0 Å². The minimum absolute atomic E-state index is 0.0534. The summed E-state index contributed by atoms with van der Waals surface area (Å²) in [5.74, 6) is 0.724. The van der Waals surface area contributed by atoms with Crippen LogP contribution in [0.2, 0.25) is 0 Å². The lowest BCUT2D eigenvalue weighted by molar-refractivity contribution is -0.125. The first-order chi connectivity index (χ1) is 14.6. The van der Waals surface area contributed by atoms with Crippen LogP contribution >= 0.6 is 0 Å². The van der Waals surface area contributed by atoms with Gasteiger partial charge in [0.05, 0.1) is 7.11 Å². The maximum Gasteiger partial charge on any atom is 0.318 e. The number of halogens is 1. The summed E-state index contributed by atoms with van der Waals surface area (Å²) < 4.78 is 24.7. The van der Waals surface area contributed by atoms with Crippen molar-refractivity contribution in [1.82, 2.24) is 15.5 Å². The summed E-state index contributed by atoms with van der Waals surface area (Å²) >= 11 is 0. The summed E-state index contributed by atoms with van der Waals surface area (Å²) in [7, 11) is 1.61. The lowest BCUT2D eigenvalue weighted by Gasteiger charge is -2.29. The Bertz CT molecular complexity index is 998. The highest BCUT2D eigenvalue weighted by Gasteiger charge is 2.27. The van der Waals surface area contributed by atoms with Crippen LogP contribution in [-0.4, -0.2) is 36.3 Å². The number of anilines is 1. The van der Waals surface area contributed by atoms with E-state index >= 15 is 0 Å². The van der Waals surface area contributed by atoms with Crippen LogP contribution in [-0.2, 0) is 11.3 Å². The summed E-state index contributed by atoms with van der Waals surface area (Å²) in [4.78, 5) is 14.4. The maximum absolute atomic E-state index is 13.7. The molecule has 0 saturated carbocycles. The van der Waals surface area contributed by atoms with E-state index in [0.717, 1.165) is 11.3 Å². The van der Waals surface area contributed by atoms with Gasteiger partial charge in [0.25, 0.3) is 0 Å². The number of hydrogen-bond donors (Lipinski definition) is 1. The van der Waals surface area contributed by atoms with Gasteiger partial charge in [0.1, 0.15) is 11.6 Å². The summed E-state index contributed by atoms with van der Waals surface area (Å²) in [6.07, 6.45) is 1.34. The minimum Gasteiger partial charge on any atom is -0.497 e. The van der Waals surface area contributed by atoms with Crippen molar-refractivity contribution < 1.29 is 18.3 Å². The van der Waals surface area contributed by atoms with E-state index in [4.69, 9.17) is 9.15 Å². The topological polar surface area (TPSA) is 80.5 Å². The number of nitrogens with zero attached hydrogens (tertiary/aromatic N) is 3. The van der Waals surface area contributed by atoms with Gasteiger partial charge in [-0.2, -0.15) is 0 Å². The number of piperidine rings is 1. The van der Waals surface area contributed by atoms with Gasteiger partial charge in [-0.15, -0.1) is 5.10 Å². The second-order valence-corrected chi connectivity index (χ2v) is 7.19. The molecule has 0 atom stereocenters. The van der Waals surface area contributed by atoms with Crippen molar-refractivity contribution in [2.45, 2.75) is 19.4 Å². The van der Waals surface area contributed by atoms with E-state index in [1.54, 1.807) is 25.3 Å². The van der Waals surface area contributed by atoms with Crippen LogP contribution in [0.25, 0.3) is 11.5 Å². The first-order valence-corrected chi connectivity index (χ1v) is 9.88. The van der Waals surface area contributed by atoms with Gasteiger partial charge < -0.3 is 19.4 Å². The fraction of sp³-hybridized carbons (Fsp3) is 0.318. The second kappa shape index (κ2) is 8.94. The van der Waals surface area contributed by atoms with Crippen molar-refractivity contribution in [2.75, 3.05) is 25.1 Å². The number of amides is 1. The average Bonchev–Trinajstić information content (AvgIpc) is 3.29. The molecule has 1 fully saturated rings. The highest BCUT2D eigenvalue weighted by Crippen LogP contribution is 2.27. The molecule has 2 aromatic carbocycles. The molecule has 2 heterocycles. The zero-order valence-electron chi connectivity index (χ0n) is 16.7. The molecule has 8 heteroatoms. The SMILES string of the molecule is COc1ccc(-c2nnc(N3CCC(C(=O)NCc4ccccc4F)CC3)o2)cc1. The molecular formula is C22H23FN4O3. The largest absolute Gasteiger partial charge is 0.497 e. The fourth-order valence-corrected chi connectivity index (χ4v) is 3.49. The molecule has 7 nitrogen and oxygen atoms in total. The van der Waals surface area contributed by atoms with Crippen LogP contribution in [0.4, 0.5) is 10.4 Å². The van der Waals surface area contributed by atoms with Gasteiger partial charge in [0, 0.05) is 36.7 Å². The number of benzene rings is 2. The van der Waals surface area contributed by atoms with Crippen molar-refractivity contribution in [2.24, 2.45) is 5.92 Å². The Balaban J connectivity index is 1.30. The molecule has 0 radical (unpaired) electrons. The zero-order chi connectivity index (χ0) is 20.9. The van der Waals surface area contributed by atoms with Crippen LogP contribution in [0.3, 0.4) is 0 Å². The van der Waals surface area contributed by atoms with Gasteiger partial charge >= 0.3 is 6.01 Å². The molecule has 1 aliphatic heterocycles. The number of ether oxygens (including phenoxy) is 1. The van der Waals surface area contributed by atoms with E-state index in [1.807, 2.05) is 29.2 Å². The molecule has 4 rings (SSSR count). The molecule has 1 saturated heterocycles. The van der Waals surface area contributed by atoms with Crippen molar-refractivity contribution >= 4 is 11.9 Å². The van der Waals surface area contributed by atoms with Crippen molar-refractivity contribution in [1.29, 1.82) is 0 Å². The second-order valence-electron chi connectivity index (χ2n) is 7.19. The number of rotatable bonds is 6. The average molecular weight is 410 g/mol. The lowest BCUT2D eigenvalue weighted by Crippen LogP contribution is -2.40. The standard InChI is InChI=1S/C22H23FN4O3/c1-29-18-8-6-16(7-9-18)21-25-26-22(30-21)27-12-10-15(11-13-27)20(28)24-14-17-4-2-3-5-19(17)23/h2-9,15H,10-14H2,1H3,(H,24,28). The monoisotopic (exact) mass is 410 g/mol. The quantitative estimate of drug-likeness (QED) is 0.671. The summed E-state index contributed by atoms with van der Waals surface area (Å²) in [5.41, 5.74) is 1.30. The fourth-order valence-electron chi connectivity index (χ4n) is 3.49. The molecule has 1 aromatic heterocycles. The number of nitrogens with one attached hydrogen (secondary N) is 1. The molecule has 3 aromatic rings. The summed E-state index contributed by atoms with van der Waals surface area (Å²) in [5, 5.41) is 11.1. The number of aromatic nitrogens is 2. The molecule has 0 unspecified atom stereocenters. The third-order valence-corrected chi connectivity index (χ3v) is 5.30. The Morgan fingerprint density at radius 2 is 1.90 bits per heavy atom. The molecule has 0 aliphatic carbocycles. The van der Waals surface area contributed by atoms with Crippen LogP contribution < -0.4 is 15.0 Å². The Hall–Kier alpha value is -3.42. The predicted molar refractivity (Wildman–Crippen MR) is 109 cm³/mol. The lowest BCUT2D eigenvalue weighted by atomic mass is 9.96. The van der Waals surface area contributed by atoms with Gasteiger partial charge in [0.15, 0.2) is 0 Å². The Morgan fingerprint density at radius 3 is 2.60 bits per heavy atom. The van der Waals surface area contributed by atoms with Crippen molar-refractivity contribution in [3.05, 3.63) is 59.9 Å². The van der Waals surface area contributed by atoms with Crippen LogP contribution in [0, 0.1) is 11.7 Å². The van der Waals surface area contributed by atoms with Crippen molar-refractivity contribution in [3.63, 3.8) is 0 Å². The van der Waals surface area contributed by atoms with E-state index in [1.165, 1.54) is 6.07 Å². The van der Waals surface area contributed by atoms with Gasteiger partial charge in [0.2, 0.25) is 11.8 Å². The normalized spacial score (nSPS) is 14.5. The Labute approximate surface area is 173 Å². The number of carbonyl (C=O) groups excluding carboxylic acids is 1. The van der Waals surface area contributed by atoms with Gasteiger partial charge in [-0.05, 0) is 43.2 Å². The summed E-state index contributed by atoms with van der Waals surface area (Å²) in [6, 6.07) is 14.3. The van der Waals surface area contributed by atoms with Gasteiger partial charge in [-0.25, -0.2) is 4.39 Å². The molecule has 1 aliphatic rings. The van der Waals surface area contributed by atoms with Gasteiger partial charge in [-0.3, -0.25) is 4.79 Å². The van der Waals surface area contributed by atoms with Gasteiger partial charge in [-0.1, -0.05) is 23.3 Å². The summed E-state index contributed by atoms with van der Waals surface area (Å²) in [6.45, 7) is 1.48. The molecular weight excluding hydrogens is 387 g/mol. The van der Waals surface area contributed by atoms with E-state index in [2.05, 4.69) is 15.5 Å². The molecule has 156 valence electrons. The zero-order valence-corrected chi connectivity index (χ0v) is 16.7. The predicted octanol–water partition coefficient (Wildman–Crippen LogP) is 3.42. The minimum atomic E-state index is -0.309. The van der Waals surface area contributed by atoms with Crippen molar-refractivity contribution in [3.8, 4) is 17.2 Å². The molecule has 0 spiro atoms. The maximum atomic E-state index is 13.7. The number of hydrogen-bond acceptors (Lipinski definition) is 6. The highest BCUT2D eigenvalue weighted by molar-refractivity contribution is 5.78. The van der Waals surface area contributed by atoms with E-state index in [-0.39, 0.29) is 24.2 Å². The molecule has 30 heavy (non-hydrogen) atoms. The molecule has 1 N–H and O–H groups in total. The Morgan fingerprint density at radius 1 is 1.17 bits per heavy atom. The van der Waals surface area contributed by atoms with Crippen LogP contribution in [0.15, 0.2) is 52.9 Å². The van der Waals surface area contributed by atoms with E-state index in [0.29, 0.717) is 43.4 Å².